The maximum absolute atomic E-state index is 10.3. The fourth-order valence-electron chi connectivity index (χ4n) is 0.633. The van der Waals surface area contributed by atoms with Crippen molar-refractivity contribution in [3.8, 4) is 0 Å². The predicted molar refractivity (Wildman–Crippen MR) is 91.9 cm³/mol. The number of carbonyl (C=O) groups is 1. The molecular formula is C15H35ClN2O2. The summed E-state index contributed by atoms with van der Waals surface area (Å²) < 4.78 is 0. The van der Waals surface area contributed by atoms with Crippen LogP contribution >= 0.6 is 12.4 Å². The van der Waals surface area contributed by atoms with Gasteiger partial charge in [-0.05, 0) is 60.5 Å². The summed E-state index contributed by atoms with van der Waals surface area (Å²) in [6, 6.07) is 0. The molecule has 0 aliphatic heterocycles. The van der Waals surface area contributed by atoms with E-state index in [1.807, 2.05) is 52.1 Å². The average molecular weight is 311 g/mol. The van der Waals surface area contributed by atoms with E-state index >= 15 is 0 Å². The Morgan fingerprint density at radius 1 is 1.00 bits per heavy atom. The third-order valence-electron chi connectivity index (χ3n) is 1.48. The van der Waals surface area contributed by atoms with Crippen LogP contribution in [0.1, 0.15) is 33.6 Å². The summed E-state index contributed by atoms with van der Waals surface area (Å²) in [6.07, 6.45) is 1.46. The maximum atomic E-state index is 10.3. The lowest BCUT2D eigenvalue weighted by atomic mass is 9.89. The van der Waals surface area contributed by atoms with Crippen LogP contribution in [0.5, 0.6) is 0 Å². The highest BCUT2D eigenvalue weighted by Gasteiger charge is 2.12. The molecule has 20 heavy (non-hydrogen) atoms. The van der Waals surface area contributed by atoms with Crippen LogP contribution in [0, 0.1) is 5.41 Å². The number of hydrogen-bond donors (Lipinski definition) is 1. The van der Waals surface area contributed by atoms with Gasteiger partial charge in [0.2, 0.25) is 0 Å². The van der Waals surface area contributed by atoms with E-state index in [9.17, 15) is 4.79 Å². The van der Waals surface area contributed by atoms with Gasteiger partial charge in [-0.1, -0.05) is 27.4 Å². The smallest absolute Gasteiger partial charge is 0.330 e. The van der Waals surface area contributed by atoms with Crippen LogP contribution in [0.3, 0.4) is 0 Å². The van der Waals surface area contributed by atoms with Crippen molar-refractivity contribution in [1.29, 1.82) is 0 Å². The van der Waals surface area contributed by atoms with Crippen molar-refractivity contribution in [2.45, 2.75) is 33.6 Å². The molecule has 0 atom stereocenters. The van der Waals surface area contributed by atoms with Gasteiger partial charge in [-0.15, -0.1) is 12.4 Å². The van der Waals surface area contributed by atoms with Gasteiger partial charge in [-0.3, -0.25) is 0 Å². The largest absolute Gasteiger partial charge is 0.478 e. The summed E-state index contributed by atoms with van der Waals surface area (Å²) in [5, 5.41) is 8.48. The molecule has 124 valence electrons. The van der Waals surface area contributed by atoms with Gasteiger partial charge in [0.05, 0.1) is 0 Å². The first kappa shape index (κ1) is 27.7. The van der Waals surface area contributed by atoms with E-state index in [0.717, 1.165) is 6.42 Å². The number of carboxylic acid groups (broad SMARTS) is 1. The Morgan fingerprint density at radius 3 is 1.40 bits per heavy atom. The number of carboxylic acids is 1. The standard InChI is InChI=1S/C9H16O2.2C3H9N.ClH/c1-7(8(10)11)5-6-9(2,3)4;2*1-4(2)3;/h1,5-6H2,2-4H3,(H,10,11);2*1-3H3;1H. The number of aliphatic carboxylic acids is 1. The lowest BCUT2D eigenvalue weighted by Crippen LogP contribution is -2.07. The number of hydrogen-bond acceptors (Lipinski definition) is 3. The molecule has 0 unspecified atom stereocenters. The van der Waals surface area contributed by atoms with Gasteiger partial charge in [-0.25, -0.2) is 4.79 Å². The van der Waals surface area contributed by atoms with Crippen molar-refractivity contribution in [3.05, 3.63) is 12.2 Å². The summed E-state index contributed by atoms with van der Waals surface area (Å²) in [6.45, 7) is 9.71. The molecule has 0 saturated heterocycles. The molecule has 0 aromatic rings. The van der Waals surface area contributed by atoms with Crippen LogP contribution in [0.15, 0.2) is 12.2 Å². The average Bonchev–Trinajstić information content (AvgIpc) is 2.10. The molecule has 0 saturated carbocycles. The first-order valence-corrected chi connectivity index (χ1v) is 6.42. The molecule has 0 spiro atoms. The molecule has 0 fully saturated rings. The Bertz CT molecular complexity index is 235. The summed E-state index contributed by atoms with van der Waals surface area (Å²) in [4.78, 5) is 14.3. The molecule has 4 nitrogen and oxygen atoms in total. The monoisotopic (exact) mass is 310 g/mol. The third kappa shape index (κ3) is 52.9. The van der Waals surface area contributed by atoms with Gasteiger partial charge in [-0.2, -0.15) is 0 Å². The second-order valence-electron chi connectivity index (χ2n) is 6.65. The molecule has 0 aliphatic rings. The van der Waals surface area contributed by atoms with Crippen molar-refractivity contribution in [1.82, 2.24) is 9.80 Å². The topological polar surface area (TPSA) is 43.8 Å². The van der Waals surface area contributed by atoms with Gasteiger partial charge in [0.25, 0.3) is 0 Å². The Labute approximate surface area is 132 Å². The minimum atomic E-state index is -0.880. The van der Waals surface area contributed by atoms with Gasteiger partial charge >= 0.3 is 5.97 Å². The van der Waals surface area contributed by atoms with Gasteiger partial charge in [0.15, 0.2) is 0 Å². The highest BCUT2D eigenvalue weighted by molar-refractivity contribution is 5.85. The fraction of sp³-hybridized carbons (Fsp3) is 0.800. The van der Waals surface area contributed by atoms with Crippen LogP contribution in [0.4, 0.5) is 0 Å². The normalized spacial score (nSPS) is 9.75. The third-order valence-corrected chi connectivity index (χ3v) is 1.48. The molecule has 0 rings (SSSR count). The molecule has 0 aliphatic carbocycles. The van der Waals surface area contributed by atoms with E-state index in [2.05, 4.69) is 27.4 Å². The molecule has 0 heterocycles. The summed E-state index contributed by atoms with van der Waals surface area (Å²) in [5.41, 5.74) is 0.498. The highest BCUT2D eigenvalue weighted by atomic mass is 35.5. The van der Waals surface area contributed by atoms with E-state index < -0.39 is 5.97 Å². The lowest BCUT2D eigenvalue weighted by molar-refractivity contribution is -0.132. The number of nitrogens with zero attached hydrogens (tertiary/aromatic N) is 2. The molecule has 1 N–H and O–H groups in total. The van der Waals surface area contributed by atoms with E-state index in [0.29, 0.717) is 12.0 Å². The molecule has 0 aromatic heterocycles. The summed E-state index contributed by atoms with van der Waals surface area (Å²) in [5.74, 6) is -0.880. The highest BCUT2D eigenvalue weighted by Crippen LogP contribution is 2.22. The zero-order valence-electron chi connectivity index (χ0n) is 14.8. The second-order valence-corrected chi connectivity index (χ2v) is 6.65. The second kappa shape index (κ2) is 14.8. The van der Waals surface area contributed by atoms with Crippen LogP contribution in [0.25, 0.3) is 0 Å². The fourth-order valence-corrected chi connectivity index (χ4v) is 0.633. The van der Waals surface area contributed by atoms with Crippen molar-refractivity contribution in [2.24, 2.45) is 5.41 Å². The van der Waals surface area contributed by atoms with Crippen molar-refractivity contribution in [3.63, 3.8) is 0 Å². The zero-order valence-corrected chi connectivity index (χ0v) is 15.6. The van der Waals surface area contributed by atoms with Crippen LogP contribution < -0.4 is 0 Å². The predicted octanol–water partition coefficient (Wildman–Crippen LogP) is 3.23. The Hall–Kier alpha value is -0.580. The van der Waals surface area contributed by atoms with Gasteiger partial charge in [0.1, 0.15) is 0 Å². The summed E-state index contributed by atoms with van der Waals surface area (Å²) in [7, 11) is 12.0. The van der Waals surface area contributed by atoms with E-state index in [-0.39, 0.29) is 17.8 Å². The van der Waals surface area contributed by atoms with Gasteiger partial charge < -0.3 is 14.9 Å². The molecule has 0 bridgehead atoms. The Morgan fingerprint density at radius 2 is 1.25 bits per heavy atom. The first-order valence-electron chi connectivity index (χ1n) is 6.42. The molecule has 0 radical (unpaired) electrons. The van der Waals surface area contributed by atoms with Crippen LogP contribution in [-0.4, -0.2) is 63.2 Å². The first-order chi connectivity index (χ1) is 8.29. The minimum absolute atomic E-state index is 0. The quantitative estimate of drug-likeness (QED) is 0.813. The molecule has 5 heteroatoms. The molecule has 0 amide bonds. The van der Waals surface area contributed by atoms with Crippen molar-refractivity contribution < 1.29 is 9.90 Å². The van der Waals surface area contributed by atoms with Crippen molar-refractivity contribution >= 4 is 18.4 Å². The Balaban J connectivity index is -0.000000119. The maximum Gasteiger partial charge on any atom is 0.330 e. The zero-order chi connectivity index (χ0) is 16.2. The molecular weight excluding hydrogens is 276 g/mol. The van der Waals surface area contributed by atoms with E-state index in [1.165, 1.54) is 0 Å². The molecule has 0 aromatic carbocycles. The number of rotatable bonds is 3. The van der Waals surface area contributed by atoms with Crippen LogP contribution in [0.2, 0.25) is 0 Å². The SMILES string of the molecule is C=C(CCC(C)(C)C)C(=O)O.CN(C)C.CN(C)C.Cl. The number of halogens is 1. The van der Waals surface area contributed by atoms with Gasteiger partial charge in [0, 0.05) is 5.57 Å². The van der Waals surface area contributed by atoms with Crippen molar-refractivity contribution in [2.75, 3.05) is 42.3 Å². The van der Waals surface area contributed by atoms with E-state index in [1.54, 1.807) is 0 Å². The minimum Gasteiger partial charge on any atom is -0.478 e. The van der Waals surface area contributed by atoms with Crippen LogP contribution in [-0.2, 0) is 4.79 Å². The lowest BCUT2D eigenvalue weighted by Gasteiger charge is -2.17. The van der Waals surface area contributed by atoms with E-state index in [4.69, 9.17) is 5.11 Å². The Kier molecular flexibility index (Phi) is 20.5. The summed E-state index contributed by atoms with van der Waals surface area (Å²) >= 11 is 0.